The van der Waals surface area contributed by atoms with Gasteiger partial charge in [0.25, 0.3) is 0 Å². The summed E-state index contributed by atoms with van der Waals surface area (Å²) in [6.45, 7) is 2.41. The zero-order chi connectivity index (χ0) is 10.0. The molecule has 0 saturated heterocycles. The molecule has 0 atom stereocenters. The number of ether oxygens (including phenoxy) is 1. The highest BCUT2D eigenvalue weighted by molar-refractivity contribution is 14.1. The maximum absolute atomic E-state index is 6.02. The Morgan fingerprint density at radius 1 is 1.62 bits per heavy atom. The fraction of sp³-hybridized carbons (Fsp3) is 0.333. The molecule has 4 heteroatoms. The number of halogens is 2. The molecule has 0 aliphatic carbocycles. The van der Waals surface area contributed by atoms with Crippen molar-refractivity contribution in [2.24, 2.45) is 5.73 Å². The molecular weight excluding hydrogens is 300 g/mol. The fourth-order valence-corrected chi connectivity index (χ4v) is 2.71. The highest BCUT2D eigenvalue weighted by Crippen LogP contribution is 2.32. The number of nitrogens with two attached hydrogens (primary N) is 1. The molecule has 0 spiro atoms. The first-order valence-electron chi connectivity index (χ1n) is 3.83. The molecule has 72 valence electrons. The molecule has 0 unspecified atom stereocenters. The molecular formula is C9H11ClINO. The van der Waals surface area contributed by atoms with Crippen LogP contribution in [0, 0.1) is 10.5 Å². The molecule has 0 radical (unpaired) electrons. The van der Waals surface area contributed by atoms with E-state index in [1.807, 2.05) is 13.0 Å². The summed E-state index contributed by atoms with van der Waals surface area (Å²) >= 11 is 8.22. The molecule has 13 heavy (non-hydrogen) atoms. The standard InChI is InChI=1S/C9H11ClINO/c1-5-6(4-12)7(10)3-8(11)9(5)13-2/h3H,4,12H2,1-2H3. The SMILES string of the molecule is COc1c(I)cc(Cl)c(CN)c1C. The van der Waals surface area contributed by atoms with Crippen molar-refractivity contribution in [2.45, 2.75) is 13.5 Å². The van der Waals surface area contributed by atoms with E-state index in [-0.39, 0.29) is 0 Å². The molecule has 0 amide bonds. The summed E-state index contributed by atoms with van der Waals surface area (Å²) in [7, 11) is 1.65. The van der Waals surface area contributed by atoms with Gasteiger partial charge in [0.1, 0.15) is 5.75 Å². The van der Waals surface area contributed by atoms with E-state index in [2.05, 4.69) is 22.6 Å². The number of hydrogen-bond acceptors (Lipinski definition) is 2. The third-order valence-electron chi connectivity index (χ3n) is 1.96. The molecule has 0 fully saturated rings. The van der Waals surface area contributed by atoms with Crippen LogP contribution in [0.5, 0.6) is 5.75 Å². The zero-order valence-electron chi connectivity index (χ0n) is 7.53. The second-order valence-corrected chi connectivity index (χ2v) is 4.25. The predicted octanol–water partition coefficient (Wildman–Crippen LogP) is 2.72. The minimum absolute atomic E-state index is 0.442. The van der Waals surface area contributed by atoms with Crippen LogP contribution in [0.2, 0.25) is 5.02 Å². The van der Waals surface area contributed by atoms with Gasteiger partial charge in [-0.25, -0.2) is 0 Å². The van der Waals surface area contributed by atoms with Crippen LogP contribution in [0.4, 0.5) is 0 Å². The van der Waals surface area contributed by atoms with Crippen molar-refractivity contribution in [1.82, 2.24) is 0 Å². The van der Waals surface area contributed by atoms with Crippen molar-refractivity contribution < 1.29 is 4.74 Å². The predicted molar refractivity (Wildman–Crippen MR) is 63.3 cm³/mol. The quantitative estimate of drug-likeness (QED) is 0.852. The van der Waals surface area contributed by atoms with Gasteiger partial charge in [0.2, 0.25) is 0 Å². The Kier molecular flexibility index (Phi) is 3.82. The number of rotatable bonds is 2. The Bertz CT molecular complexity index is 300. The maximum atomic E-state index is 6.02. The van der Waals surface area contributed by atoms with Crippen LogP contribution in [0.15, 0.2) is 6.07 Å². The van der Waals surface area contributed by atoms with Crippen LogP contribution in [-0.2, 0) is 6.54 Å². The van der Waals surface area contributed by atoms with Crippen molar-refractivity contribution in [3.05, 3.63) is 25.8 Å². The smallest absolute Gasteiger partial charge is 0.135 e. The van der Waals surface area contributed by atoms with E-state index in [0.717, 1.165) is 20.4 Å². The third kappa shape index (κ3) is 2.08. The highest BCUT2D eigenvalue weighted by Gasteiger charge is 2.11. The number of hydrogen-bond donors (Lipinski definition) is 1. The summed E-state index contributed by atoms with van der Waals surface area (Å²) in [5, 5.41) is 0.713. The van der Waals surface area contributed by atoms with Crippen molar-refractivity contribution in [3.63, 3.8) is 0 Å². The molecule has 1 aromatic rings. The monoisotopic (exact) mass is 311 g/mol. The molecule has 1 aromatic carbocycles. The molecule has 2 nitrogen and oxygen atoms in total. The van der Waals surface area contributed by atoms with Crippen LogP contribution in [0.25, 0.3) is 0 Å². The normalized spacial score (nSPS) is 10.2. The van der Waals surface area contributed by atoms with Gasteiger partial charge in [0.05, 0.1) is 10.7 Å². The average Bonchev–Trinajstić information content (AvgIpc) is 2.04. The Labute approximate surface area is 96.5 Å². The van der Waals surface area contributed by atoms with E-state index in [9.17, 15) is 0 Å². The molecule has 0 aliphatic rings. The minimum Gasteiger partial charge on any atom is -0.495 e. The van der Waals surface area contributed by atoms with Crippen molar-refractivity contribution in [2.75, 3.05) is 7.11 Å². The molecule has 1 rings (SSSR count). The number of methoxy groups -OCH3 is 1. The van der Waals surface area contributed by atoms with E-state index in [4.69, 9.17) is 22.1 Å². The molecule has 0 bridgehead atoms. The molecule has 0 aromatic heterocycles. The van der Waals surface area contributed by atoms with Gasteiger partial charge in [-0.2, -0.15) is 0 Å². The topological polar surface area (TPSA) is 35.2 Å². The van der Waals surface area contributed by atoms with E-state index in [1.165, 1.54) is 0 Å². The largest absolute Gasteiger partial charge is 0.495 e. The summed E-state index contributed by atoms with van der Waals surface area (Å²) in [4.78, 5) is 0. The Morgan fingerprint density at radius 2 is 2.23 bits per heavy atom. The second kappa shape index (κ2) is 4.48. The third-order valence-corrected chi connectivity index (χ3v) is 3.10. The van der Waals surface area contributed by atoms with Gasteiger partial charge in [-0.3, -0.25) is 0 Å². The first-order chi connectivity index (χ1) is 6.11. The van der Waals surface area contributed by atoms with Crippen molar-refractivity contribution in [1.29, 1.82) is 0 Å². The lowest BCUT2D eigenvalue weighted by atomic mass is 10.1. The van der Waals surface area contributed by atoms with Crippen molar-refractivity contribution >= 4 is 34.2 Å². The highest BCUT2D eigenvalue weighted by atomic mass is 127. The van der Waals surface area contributed by atoms with Crippen LogP contribution in [0.1, 0.15) is 11.1 Å². The van der Waals surface area contributed by atoms with E-state index >= 15 is 0 Å². The van der Waals surface area contributed by atoms with Gasteiger partial charge in [-0.15, -0.1) is 0 Å². The minimum atomic E-state index is 0.442. The summed E-state index contributed by atoms with van der Waals surface area (Å²) in [6.07, 6.45) is 0. The van der Waals surface area contributed by atoms with Gasteiger partial charge in [0.15, 0.2) is 0 Å². The second-order valence-electron chi connectivity index (χ2n) is 2.68. The average molecular weight is 312 g/mol. The van der Waals surface area contributed by atoms with Crippen LogP contribution in [-0.4, -0.2) is 7.11 Å². The summed E-state index contributed by atoms with van der Waals surface area (Å²) in [5.41, 5.74) is 7.57. The Morgan fingerprint density at radius 3 is 2.69 bits per heavy atom. The van der Waals surface area contributed by atoms with E-state index in [0.29, 0.717) is 11.6 Å². The van der Waals surface area contributed by atoms with Gasteiger partial charge in [-0.1, -0.05) is 11.6 Å². The Balaban J connectivity index is 3.39. The summed E-state index contributed by atoms with van der Waals surface area (Å²) < 4.78 is 6.27. The summed E-state index contributed by atoms with van der Waals surface area (Å²) in [6, 6.07) is 1.87. The van der Waals surface area contributed by atoms with Crippen molar-refractivity contribution in [3.8, 4) is 5.75 Å². The first-order valence-corrected chi connectivity index (χ1v) is 5.29. The lowest BCUT2D eigenvalue weighted by molar-refractivity contribution is 0.408. The molecule has 2 N–H and O–H groups in total. The van der Waals surface area contributed by atoms with E-state index < -0.39 is 0 Å². The first kappa shape index (κ1) is 11.1. The summed E-state index contributed by atoms with van der Waals surface area (Å²) in [5.74, 6) is 0.866. The molecule has 0 saturated carbocycles. The van der Waals surface area contributed by atoms with Gasteiger partial charge in [0, 0.05) is 11.6 Å². The fourth-order valence-electron chi connectivity index (χ4n) is 1.26. The van der Waals surface area contributed by atoms with Crippen LogP contribution < -0.4 is 10.5 Å². The zero-order valence-corrected chi connectivity index (χ0v) is 10.4. The van der Waals surface area contributed by atoms with E-state index in [1.54, 1.807) is 7.11 Å². The van der Waals surface area contributed by atoms with Crippen LogP contribution >= 0.6 is 34.2 Å². The maximum Gasteiger partial charge on any atom is 0.135 e. The number of benzene rings is 1. The van der Waals surface area contributed by atoms with Gasteiger partial charge in [-0.05, 0) is 46.7 Å². The van der Waals surface area contributed by atoms with Gasteiger partial charge >= 0.3 is 0 Å². The lowest BCUT2D eigenvalue weighted by Crippen LogP contribution is -2.03. The molecule has 0 aliphatic heterocycles. The van der Waals surface area contributed by atoms with Crippen LogP contribution in [0.3, 0.4) is 0 Å². The van der Waals surface area contributed by atoms with Gasteiger partial charge < -0.3 is 10.5 Å². The lowest BCUT2D eigenvalue weighted by Gasteiger charge is -2.12. The molecule has 0 heterocycles. The Hall–Kier alpha value is -0.0000000000000000833.